The van der Waals surface area contributed by atoms with Crippen molar-refractivity contribution in [1.29, 1.82) is 0 Å². The Morgan fingerprint density at radius 2 is 1.67 bits per heavy atom. The lowest BCUT2D eigenvalue weighted by Crippen LogP contribution is -2.15. The zero-order chi connectivity index (χ0) is 15.6. The summed E-state index contributed by atoms with van der Waals surface area (Å²) < 4.78 is 0.643. The minimum atomic E-state index is -1.09. The minimum absolute atomic E-state index is 0.0436. The molecule has 5 heteroatoms. The molecule has 0 heterocycles. The van der Waals surface area contributed by atoms with Gasteiger partial charge in [-0.05, 0) is 44.2 Å². The van der Waals surface area contributed by atoms with E-state index in [1.165, 1.54) is 6.07 Å². The summed E-state index contributed by atoms with van der Waals surface area (Å²) in [7, 11) is 0. The fourth-order valence-electron chi connectivity index (χ4n) is 2.10. The van der Waals surface area contributed by atoms with Crippen LogP contribution in [0.25, 0.3) is 0 Å². The van der Waals surface area contributed by atoms with Crippen LogP contribution < -0.4 is 5.32 Å². The van der Waals surface area contributed by atoms with E-state index >= 15 is 0 Å². The Kier molecular flexibility index (Phi) is 4.43. The normalized spacial score (nSPS) is 10.2. The van der Waals surface area contributed by atoms with Crippen molar-refractivity contribution in [1.82, 2.24) is 0 Å². The van der Waals surface area contributed by atoms with Crippen molar-refractivity contribution in [2.75, 3.05) is 5.32 Å². The smallest absolute Gasteiger partial charge is 0.337 e. The fourth-order valence-corrected chi connectivity index (χ4v) is 2.46. The minimum Gasteiger partial charge on any atom is -0.478 e. The van der Waals surface area contributed by atoms with Gasteiger partial charge in [0.2, 0.25) is 0 Å². The van der Waals surface area contributed by atoms with Crippen molar-refractivity contribution >= 4 is 33.5 Å². The molecule has 108 valence electrons. The molecule has 0 spiro atoms. The lowest BCUT2D eigenvalue weighted by atomic mass is 10.1. The second kappa shape index (κ2) is 6.10. The molecule has 0 saturated heterocycles. The number of carbonyl (C=O) groups excluding carboxylic acids is 1. The van der Waals surface area contributed by atoms with Gasteiger partial charge >= 0.3 is 5.97 Å². The van der Waals surface area contributed by atoms with Crippen molar-refractivity contribution in [3.63, 3.8) is 0 Å². The standard InChI is InChI=1S/C16H14BrNO3/c1-9-5-10(2)7-11(6-9)15(19)18-14-4-3-12(17)8-13(14)16(20)21/h3-8H,1-2H3,(H,18,19)(H,20,21). The van der Waals surface area contributed by atoms with Gasteiger partial charge in [0.1, 0.15) is 0 Å². The first-order valence-corrected chi connectivity index (χ1v) is 7.08. The zero-order valence-corrected chi connectivity index (χ0v) is 13.2. The second-order valence-corrected chi connectivity index (χ2v) is 5.74. The predicted octanol–water partition coefficient (Wildman–Crippen LogP) is 4.02. The van der Waals surface area contributed by atoms with Gasteiger partial charge < -0.3 is 10.4 Å². The van der Waals surface area contributed by atoms with Gasteiger partial charge in [0.05, 0.1) is 11.3 Å². The molecule has 0 bridgehead atoms. The Balaban J connectivity index is 2.33. The quantitative estimate of drug-likeness (QED) is 0.881. The number of anilines is 1. The molecule has 0 aliphatic carbocycles. The molecule has 2 aromatic carbocycles. The summed E-state index contributed by atoms with van der Waals surface area (Å²) in [6, 6.07) is 10.2. The average Bonchev–Trinajstić information content (AvgIpc) is 2.39. The number of benzene rings is 2. The molecular formula is C16H14BrNO3. The highest BCUT2D eigenvalue weighted by molar-refractivity contribution is 9.10. The maximum atomic E-state index is 12.3. The van der Waals surface area contributed by atoms with E-state index in [1.54, 1.807) is 24.3 Å². The number of hydrogen-bond donors (Lipinski definition) is 2. The Bertz CT molecular complexity index is 705. The number of aromatic carboxylic acids is 1. The van der Waals surface area contributed by atoms with Crippen LogP contribution in [0.4, 0.5) is 5.69 Å². The molecule has 0 fully saturated rings. The van der Waals surface area contributed by atoms with Gasteiger partial charge in [0, 0.05) is 10.0 Å². The Labute approximate surface area is 130 Å². The van der Waals surface area contributed by atoms with Gasteiger partial charge in [-0.1, -0.05) is 33.1 Å². The third kappa shape index (κ3) is 3.70. The number of carboxylic acid groups (broad SMARTS) is 1. The number of rotatable bonds is 3. The molecule has 1 amide bonds. The molecule has 21 heavy (non-hydrogen) atoms. The Hall–Kier alpha value is -2.14. The van der Waals surface area contributed by atoms with Gasteiger partial charge in [-0.2, -0.15) is 0 Å². The van der Waals surface area contributed by atoms with Crippen LogP contribution in [0, 0.1) is 13.8 Å². The van der Waals surface area contributed by atoms with E-state index in [2.05, 4.69) is 21.2 Å². The van der Waals surface area contributed by atoms with Gasteiger partial charge in [0.25, 0.3) is 5.91 Å². The summed E-state index contributed by atoms with van der Waals surface area (Å²) >= 11 is 3.22. The van der Waals surface area contributed by atoms with Gasteiger partial charge in [-0.15, -0.1) is 0 Å². The lowest BCUT2D eigenvalue weighted by Gasteiger charge is -2.10. The number of nitrogens with one attached hydrogen (secondary N) is 1. The van der Waals surface area contributed by atoms with E-state index in [4.69, 9.17) is 0 Å². The number of aryl methyl sites for hydroxylation is 2. The fraction of sp³-hybridized carbons (Fsp3) is 0.125. The number of hydrogen-bond acceptors (Lipinski definition) is 2. The van der Waals surface area contributed by atoms with Crippen molar-refractivity contribution in [2.45, 2.75) is 13.8 Å². The predicted molar refractivity (Wildman–Crippen MR) is 85.0 cm³/mol. The van der Waals surface area contributed by atoms with E-state index < -0.39 is 5.97 Å². The second-order valence-electron chi connectivity index (χ2n) is 4.83. The highest BCUT2D eigenvalue weighted by Gasteiger charge is 2.14. The first-order chi connectivity index (χ1) is 9.86. The topological polar surface area (TPSA) is 66.4 Å². The van der Waals surface area contributed by atoms with Crippen LogP contribution >= 0.6 is 15.9 Å². The first kappa shape index (κ1) is 15.3. The molecule has 0 unspecified atom stereocenters. The number of amides is 1. The molecule has 4 nitrogen and oxygen atoms in total. The maximum absolute atomic E-state index is 12.3. The van der Waals surface area contributed by atoms with Crippen molar-refractivity contribution < 1.29 is 14.7 Å². The number of carboxylic acids is 1. The van der Waals surface area contributed by atoms with Crippen molar-refractivity contribution in [3.8, 4) is 0 Å². The van der Waals surface area contributed by atoms with E-state index in [0.29, 0.717) is 10.0 Å². The summed E-state index contributed by atoms with van der Waals surface area (Å²) in [6.07, 6.45) is 0. The highest BCUT2D eigenvalue weighted by atomic mass is 79.9. The maximum Gasteiger partial charge on any atom is 0.337 e. The van der Waals surface area contributed by atoms with Crippen LogP contribution in [0.1, 0.15) is 31.8 Å². The van der Waals surface area contributed by atoms with Crippen molar-refractivity contribution in [2.24, 2.45) is 0 Å². The SMILES string of the molecule is Cc1cc(C)cc(C(=O)Nc2ccc(Br)cc2C(=O)O)c1. The number of halogens is 1. The average molecular weight is 348 g/mol. The third-order valence-electron chi connectivity index (χ3n) is 2.94. The largest absolute Gasteiger partial charge is 0.478 e. The summed E-state index contributed by atoms with van der Waals surface area (Å²) in [6.45, 7) is 3.82. The first-order valence-electron chi connectivity index (χ1n) is 6.29. The third-order valence-corrected chi connectivity index (χ3v) is 3.44. The van der Waals surface area contributed by atoms with Gasteiger partial charge in [0.15, 0.2) is 0 Å². The molecule has 0 aliphatic rings. The van der Waals surface area contributed by atoms with Crippen LogP contribution in [0.2, 0.25) is 0 Å². The summed E-state index contributed by atoms with van der Waals surface area (Å²) in [5.74, 6) is -1.42. The Morgan fingerprint density at radius 3 is 2.24 bits per heavy atom. The molecule has 2 rings (SSSR count). The van der Waals surface area contributed by atoms with Gasteiger partial charge in [-0.3, -0.25) is 4.79 Å². The molecule has 0 aliphatic heterocycles. The van der Waals surface area contributed by atoms with E-state index in [-0.39, 0.29) is 17.2 Å². The molecule has 0 atom stereocenters. The summed E-state index contributed by atoms with van der Waals surface area (Å²) in [5, 5.41) is 11.8. The zero-order valence-electron chi connectivity index (χ0n) is 11.6. The highest BCUT2D eigenvalue weighted by Crippen LogP contribution is 2.22. The van der Waals surface area contributed by atoms with E-state index in [0.717, 1.165) is 11.1 Å². The van der Waals surface area contributed by atoms with Crippen LogP contribution in [0.15, 0.2) is 40.9 Å². The number of carbonyl (C=O) groups is 2. The van der Waals surface area contributed by atoms with Gasteiger partial charge in [-0.25, -0.2) is 4.79 Å². The van der Waals surface area contributed by atoms with Crippen LogP contribution in [0.5, 0.6) is 0 Å². The van der Waals surface area contributed by atoms with Crippen LogP contribution in [-0.2, 0) is 0 Å². The Morgan fingerprint density at radius 1 is 1.05 bits per heavy atom. The molecule has 0 radical (unpaired) electrons. The molecule has 0 saturated carbocycles. The summed E-state index contributed by atoms with van der Waals surface area (Å²) in [5.41, 5.74) is 2.78. The monoisotopic (exact) mass is 347 g/mol. The molecule has 0 aromatic heterocycles. The van der Waals surface area contributed by atoms with Crippen molar-refractivity contribution in [3.05, 3.63) is 63.1 Å². The molecule has 2 N–H and O–H groups in total. The van der Waals surface area contributed by atoms with E-state index in [9.17, 15) is 14.7 Å². The molecular weight excluding hydrogens is 334 g/mol. The lowest BCUT2D eigenvalue weighted by molar-refractivity contribution is 0.0698. The molecule has 2 aromatic rings. The van der Waals surface area contributed by atoms with Crippen LogP contribution in [0.3, 0.4) is 0 Å². The van der Waals surface area contributed by atoms with E-state index in [1.807, 2.05) is 19.9 Å². The summed E-state index contributed by atoms with van der Waals surface area (Å²) in [4.78, 5) is 23.5. The van der Waals surface area contributed by atoms with Crippen LogP contribution in [-0.4, -0.2) is 17.0 Å².